The first-order valence-corrected chi connectivity index (χ1v) is 26.2. The number of anilines is 1. The van der Waals surface area contributed by atoms with Crippen molar-refractivity contribution in [3.8, 4) is 11.3 Å². The molecular weight excluding hydrogens is 891 g/mol. The van der Waals surface area contributed by atoms with Gasteiger partial charge in [-0.3, -0.25) is 18.5 Å². The Labute approximate surface area is 364 Å². The predicted molar refractivity (Wildman–Crippen MR) is 235 cm³/mol. The van der Waals surface area contributed by atoms with E-state index in [2.05, 4.69) is 4.72 Å². The number of unbranched alkanes of at least 4 members (excludes halogenated alkanes) is 2. The summed E-state index contributed by atoms with van der Waals surface area (Å²) in [6.07, 6.45) is 8.01. The van der Waals surface area contributed by atoms with Gasteiger partial charge in [0, 0.05) is 61.5 Å². The van der Waals surface area contributed by atoms with Gasteiger partial charge in [-0.25, -0.2) is 17.7 Å². The van der Waals surface area contributed by atoms with E-state index in [0.29, 0.717) is 53.9 Å². The lowest BCUT2D eigenvalue weighted by Gasteiger charge is -2.30. The smallest absolute Gasteiger partial charge is 0.303 e. The molecule has 0 fully saturated rings. The van der Waals surface area contributed by atoms with Crippen molar-refractivity contribution in [2.24, 2.45) is 0 Å². The lowest BCUT2D eigenvalue weighted by atomic mass is 9.77. The van der Waals surface area contributed by atoms with Gasteiger partial charge in [0.1, 0.15) is 13.1 Å². The zero-order valence-corrected chi connectivity index (χ0v) is 38.7. The van der Waals surface area contributed by atoms with Gasteiger partial charge in [0.2, 0.25) is 5.36 Å². The van der Waals surface area contributed by atoms with E-state index in [1.165, 1.54) is 31.6 Å². The van der Waals surface area contributed by atoms with E-state index in [4.69, 9.17) is 14.3 Å². The SMILES string of the molecule is CC.CC[N+](CCCS(=O)(=O)O)=c1ccc2c(/C=C/C=C3/N(CCCCCC(=O)O)c4ccc(S(=O)(=O)O)cc4C3(C)CCCS(=O)(=O)O)ccoc-2c1S(=O)(=O)NCCOC. The average molecular weight is 949 g/mol. The Bertz CT molecular complexity index is 2590. The zero-order valence-electron chi connectivity index (χ0n) is 35.5. The van der Waals surface area contributed by atoms with Crippen molar-refractivity contribution >= 4 is 58.1 Å². The molecule has 2 heterocycles. The van der Waals surface area contributed by atoms with Gasteiger partial charge < -0.3 is 19.2 Å². The van der Waals surface area contributed by atoms with E-state index in [0.717, 1.165) is 0 Å². The minimum Gasteiger partial charge on any atom is -0.481 e. The summed E-state index contributed by atoms with van der Waals surface area (Å²) in [5.74, 6) is -2.05. The molecule has 0 aromatic heterocycles. The largest absolute Gasteiger partial charge is 0.481 e. The van der Waals surface area contributed by atoms with Crippen LogP contribution in [-0.2, 0) is 55.3 Å². The van der Waals surface area contributed by atoms with E-state index in [1.807, 2.05) is 18.7 Å². The van der Waals surface area contributed by atoms with Crippen molar-refractivity contribution in [2.75, 3.05) is 56.3 Å². The highest BCUT2D eigenvalue weighted by molar-refractivity contribution is 7.89. The fourth-order valence-corrected chi connectivity index (χ4v) is 10.2. The lowest BCUT2D eigenvalue weighted by molar-refractivity contribution is -0.137. The van der Waals surface area contributed by atoms with Gasteiger partial charge in [-0.2, -0.15) is 25.3 Å². The lowest BCUT2D eigenvalue weighted by Crippen LogP contribution is -2.39. The number of hydrogen-bond acceptors (Lipinski definition) is 12. The summed E-state index contributed by atoms with van der Waals surface area (Å²) in [7, 11) is -16.1. The molecule has 62 heavy (non-hydrogen) atoms. The van der Waals surface area contributed by atoms with Crippen LogP contribution in [0.4, 0.5) is 5.69 Å². The van der Waals surface area contributed by atoms with Gasteiger partial charge in [-0.05, 0) is 87.1 Å². The number of carbonyl (C=O) groups is 1. The summed E-state index contributed by atoms with van der Waals surface area (Å²) in [4.78, 5) is 12.5. The van der Waals surface area contributed by atoms with Gasteiger partial charge in [0.15, 0.2) is 10.7 Å². The van der Waals surface area contributed by atoms with Crippen molar-refractivity contribution < 1.29 is 66.4 Å². The number of benzene rings is 2. The summed E-state index contributed by atoms with van der Waals surface area (Å²) in [6, 6.07) is 8.97. The fraction of sp³-hybridized carbons (Fsp3) is 0.500. The number of methoxy groups -OCH3 is 1. The first-order chi connectivity index (χ1) is 29.0. The van der Waals surface area contributed by atoms with Gasteiger partial charge in [0.25, 0.3) is 40.4 Å². The molecule has 3 aliphatic rings. The minimum absolute atomic E-state index is 0.00493. The number of nitrogens with one attached hydrogen (secondary N) is 1. The van der Waals surface area contributed by atoms with Crippen LogP contribution in [-0.4, -0.2) is 110 Å². The predicted octanol–water partition coefficient (Wildman–Crippen LogP) is 4.64. The van der Waals surface area contributed by atoms with Crippen LogP contribution >= 0.6 is 0 Å². The van der Waals surface area contributed by atoms with E-state index in [1.54, 1.807) is 54.9 Å². The number of ether oxygens (including phenoxy) is 1. The zero-order chi connectivity index (χ0) is 46.5. The number of carboxylic acids is 1. The molecule has 1 atom stereocenters. The molecule has 0 spiro atoms. The Hall–Kier alpha value is -4.00. The molecule has 5 N–H and O–H groups in total. The van der Waals surface area contributed by atoms with E-state index in [9.17, 15) is 52.1 Å². The van der Waals surface area contributed by atoms with Crippen LogP contribution in [0.1, 0.15) is 83.8 Å². The topological polar surface area (TPSA) is 275 Å². The number of nitrogens with zero attached hydrogens (tertiary/aromatic N) is 2. The molecule has 1 unspecified atom stereocenters. The van der Waals surface area contributed by atoms with Crippen molar-refractivity contribution in [2.45, 2.75) is 87.8 Å². The van der Waals surface area contributed by atoms with Gasteiger partial charge in [0.05, 0.1) is 29.3 Å². The molecule has 4 rings (SSSR count). The molecule has 18 nitrogen and oxygen atoms in total. The maximum atomic E-state index is 13.9. The fourth-order valence-electron chi connectivity index (χ4n) is 7.32. The molecule has 1 aromatic carbocycles. The van der Waals surface area contributed by atoms with Crippen molar-refractivity contribution in [3.63, 3.8) is 0 Å². The maximum absolute atomic E-state index is 13.9. The quantitative estimate of drug-likeness (QED) is 0.0492. The van der Waals surface area contributed by atoms with E-state index in [-0.39, 0.29) is 72.8 Å². The second-order valence-corrected chi connectivity index (χ2v) is 20.7. The van der Waals surface area contributed by atoms with Gasteiger partial charge >= 0.3 is 5.97 Å². The van der Waals surface area contributed by atoms with Crippen LogP contribution in [0.15, 0.2) is 74.7 Å². The molecule has 2 aliphatic heterocycles. The first kappa shape index (κ1) is 52.3. The number of hydrogen-bond donors (Lipinski definition) is 5. The van der Waals surface area contributed by atoms with E-state index >= 15 is 0 Å². The van der Waals surface area contributed by atoms with Crippen molar-refractivity contribution in [1.29, 1.82) is 0 Å². The Morgan fingerprint density at radius 3 is 2.21 bits per heavy atom. The number of fused-ring (bicyclic) bond motifs is 2. The third-order valence-corrected chi connectivity index (χ3v) is 14.1. The number of sulfonamides is 1. The second-order valence-electron chi connectivity index (χ2n) is 14.4. The van der Waals surface area contributed by atoms with Gasteiger partial charge in [-0.15, -0.1) is 0 Å². The molecule has 0 saturated heterocycles. The second kappa shape index (κ2) is 22.6. The third kappa shape index (κ3) is 14.3. The monoisotopic (exact) mass is 948 g/mol. The molecular formula is C40H58N3O15S4+. The summed E-state index contributed by atoms with van der Waals surface area (Å²) in [6.45, 7) is 8.27. The number of rotatable bonds is 23. The van der Waals surface area contributed by atoms with E-state index < -0.39 is 63.3 Å². The van der Waals surface area contributed by atoms with Crippen LogP contribution in [0, 0.1) is 0 Å². The Kier molecular flexibility index (Phi) is 19.1. The highest BCUT2D eigenvalue weighted by Gasteiger charge is 2.43. The normalized spacial score (nSPS) is 17.0. The summed E-state index contributed by atoms with van der Waals surface area (Å²) in [5, 5.41) is 9.36. The summed E-state index contributed by atoms with van der Waals surface area (Å²) >= 11 is 0. The van der Waals surface area contributed by atoms with Crippen LogP contribution < -0.4 is 19.6 Å². The summed E-state index contributed by atoms with van der Waals surface area (Å²) in [5.41, 5.74) is 1.50. The highest BCUT2D eigenvalue weighted by atomic mass is 32.2. The highest BCUT2D eigenvalue weighted by Crippen LogP contribution is 2.51. The van der Waals surface area contributed by atoms with Crippen LogP contribution in [0.3, 0.4) is 0 Å². The molecule has 0 radical (unpaired) electrons. The molecule has 0 saturated carbocycles. The van der Waals surface area contributed by atoms with Gasteiger partial charge in [-0.1, -0.05) is 32.4 Å². The Morgan fingerprint density at radius 1 is 0.919 bits per heavy atom. The molecule has 346 valence electrons. The Morgan fingerprint density at radius 2 is 1.60 bits per heavy atom. The third-order valence-electron chi connectivity index (χ3n) is 10.1. The molecule has 0 bridgehead atoms. The first-order valence-electron chi connectivity index (χ1n) is 20.0. The minimum atomic E-state index is -4.64. The van der Waals surface area contributed by atoms with Crippen molar-refractivity contribution in [1.82, 2.24) is 9.30 Å². The van der Waals surface area contributed by atoms with Crippen LogP contribution in [0.25, 0.3) is 17.4 Å². The van der Waals surface area contributed by atoms with Crippen LogP contribution in [0.5, 0.6) is 0 Å². The standard InChI is InChI=1S/C38H51N3O15S4.C2H6/c1-4-40(21-10-26-58(47,48)49)33-17-15-30-28(18-23-56-36(30)37(33)59(50,51)39-20-24-55-3)11-8-12-34-38(2,19-9-25-57(44,45)46)31-27-29(60(52,53)54)14-16-32(31)41(34)22-7-5-6-13-35(42)43;1-2/h8,11-12,14-18,23,27,39H,4-7,9-10,13,19-22,24-26H2,1-3H3,(H3-,42,43,44,45,46,47,48,49,52,53,54);1-2H3/p+1. The summed E-state index contributed by atoms with van der Waals surface area (Å²) < 4.78 is 143. The van der Waals surface area contributed by atoms with Crippen LogP contribution in [0.2, 0.25) is 0 Å². The molecule has 22 heteroatoms. The van der Waals surface area contributed by atoms with Crippen molar-refractivity contribution in [3.05, 3.63) is 77.0 Å². The number of carboxylic acid groups (broad SMARTS) is 1. The molecule has 1 aliphatic carbocycles. The molecule has 0 amide bonds. The molecule has 1 aromatic rings. The maximum Gasteiger partial charge on any atom is 0.303 e. The Balaban J connectivity index is 0.00000504. The number of allylic oxidation sites excluding steroid dienone is 3. The number of aliphatic carboxylic acids is 1. The average Bonchev–Trinajstić information content (AvgIpc) is 3.41.